The molecule has 2 aromatic heterocycles. The van der Waals surface area contributed by atoms with Crippen LogP contribution in [-0.4, -0.2) is 51.4 Å². The molecule has 0 atom stereocenters. The Morgan fingerprint density at radius 1 is 1.09 bits per heavy atom. The van der Waals surface area contributed by atoms with Gasteiger partial charge in [0.25, 0.3) is 0 Å². The highest BCUT2D eigenvalue weighted by atomic mass is 19.1. The van der Waals surface area contributed by atoms with Crippen molar-refractivity contribution in [3.05, 3.63) is 71.3 Å². The van der Waals surface area contributed by atoms with Crippen LogP contribution in [0.15, 0.2) is 48.7 Å². The Labute approximate surface area is 184 Å². The van der Waals surface area contributed by atoms with Crippen LogP contribution in [0.5, 0.6) is 0 Å². The summed E-state index contributed by atoms with van der Waals surface area (Å²) < 4.78 is 20.0. The maximum absolute atomic E-state index is 14.6. The van der Waals surface area contributed by atoms with Crippen LogP contribution < -0.4 is 5.73 Å². The fourth-order valence-corrected chi connectivity index (χ4v) is 3.83. The van der Waals surface area contributed by atoms with Crippen LogP contribution in [0.1, 0.15) is 16.8 Å². The zero-order chi connectivity index (χ0) is 21.9. The second-order valence-electron chi connectivity index (χ2n) is 7.74. The van der Waals surface area contributed by atoms with Gasteiger partial charge in [-0.1, -0.05) is 24.3 Å². The van der Waals surface area contributed by atoms with Gasteiger partial charge in [-0.3, -0.25) is 10.00 Å². The summed E-state index contributed by atoms with van der Waals surface area (Å²) in [4.78, 5) is 10.4. The summed E-state index contributed by atoms with van der Waals surface area (Å²) in [6.45, 7) is 3.67. The van der Waals surface area contributed by atoms with E-state index >= 15 is 0 Å². The van der Waals surface area contributed by atoms with E-state index in [9.17, 15) is 4.39 Å². The van der Waals surface area contributed by atoms with Gasteiger partial charge in [0, 0.05) is 42.3 Å². The minimum atomic E-state index is -0.195. The maximum Gasteiger partial charge on any atom is 0.220 e. The second-order valence-corrected chi connectivity index (χ2v) is 7.74. The number of nitrogen functional groups attached to an aromatic ring is 1. The zero-order valence-electron chi connectivity index (χ0n) is 17.5. The molecular formula is C24H23FN6O. The first-order valence-corrected chi connectivity index (χ1v) is 10.5. The molecule has 2 aromatic carbocycles. The summed E-state index contributed by atoms with van der Waals surface area (Å²) in [5.41, 5.74) is 10.5. The highest BCUT2D eigenvalue weighted by Gasteiger charge is 2.13. The van der Waals surface area contributed by atoms with E-state index in [1.807, 2.05) is 48.6 Å². The van der Waals surface area contributed by atoms with Gasteiger partial charge in [0.05, 0.1) is 30.1 Å². The van der Waals surface area contributed by atoms with E-state index in [1.165, 1.54) is 0 Å². The predicted molar refractivity (Wildman–Crippen MR) is 123 cm³/mol. The molecule has 0 aliphatic carbocycles. The number of nitrogens with one attached hydrogen (secondary N) is 1. The van der Waals surface area contributed by atoms with Gasteiger partial charge < -0.3 is 10.5 Å². The summed E-state index contributed by atoms with van der Waals surface area (Å²) >= 11 is 0. The third-order valence-electron chi connectivity index (χ3n) is 5.57. The van der Waals surface area contributed by atoms with Gasteiger partial charge in [-0.15, -0.1) is 0 Å². The third kappa shape index (κ3) is 4.37. The minimum Gasteiger partial charge on any atom is -0.379 e. The predicted octanol–water partition coefficient (Wildman–Crippen LogP) is 3.74. The molecule has 8 heteroatoms. The number of anilines is 1. The topological polar surface area (TPSA) is 93.0 Å². The van der Waals surface area contributed by atoms with Gasteiger partial charge in [0.1, 0.15) is 5.82 Å². The van der Waals surface area contributed by atoms with Crippen molar-refractivity contribution < 1.29 is 9.13 Å². The van der Waals surface area contributed by atoms with Crippen LogP contribution in [0.25, 0.3) is 34.3 Å². The van der Waals surface area contributed by atoms with Crippen LogP contribution in [0, 0.1) is 5.82 Å². The number of hydrogen-bond donors (Lipinski definition) is 2. The number of nitrogens with two attached hydrogens (primary N) is 1. The molecule has 0 radical (unpaired) electrons. The Kier molecular flexibility index (Phi) is 5.62. The number of morpholine rings is 1. The second kappa shape index (κ2) is 8.86. The van der Waals surface area contributed by atoms with Crippen LogP contribution >= 0.6 is 0 Å². The molecule has 0 saturated carbocycles. The number of aromatic nitrogens is 4. The molecule has 7 nitrogen and oxygen atoms in total. The van der Waals surface area contributed by atoms with Crippen molar-refractivity contribution >= 4 is 29.0 Å². The molecule has 3 N–H and O–H groups in total. The van der Waals surface area contributed by atoms with E-state index in [4.69, 9.17) is 10.5 Å². The number of nitrogens with zero attached hydrogens (tertiary/aromatic N) is 4. The van der Waals surface area contributed by atoms with E-state index in [2.05, 4.69) is 25.1 Å². The third-order valence-corrected chi connectivity index (χ3v) is 5.57. The molecule has 0 spiro atoms. The molecular weight excluding hydrogens is 407 g/mol. The molecule has 5 rings (SSSR count). The summed E-state index contributed by atoms with van der Waals surface area (Å²) in [5.74, 6) is 0.0401. The van der Waals surface area contributed by atoms with Crippen molar-refractivity contribution in [2.75, 3.05) is 32.0 Å². The Bertz CT molecular complexity index is 1280. The van der Waals surface area contributed by atoms with E-state index in [1.54, 1.807) is 12.3 Å². The van der Waals surface area contributed by atoms with Gasteiger partial charge in [0.2, 0.25) is 5.95 Å². The average molecular weight is 430 g/mol. The Morgan fingerprint density at radius 2 is 1.97 bits per heavy atom. The molecule has 1 fully saturated rings. The minimum absolute atomic E-state index is 0.195. The van der Waals surface area contributed by atoms with Crippen LogP contribution in [0.2, 0.25) is 0 Å². The van der Waals surface area contributed by atoms with E-state index in [0.29, 0.717) is 25.3 Å². The van der Waals surface area contributed by atoms with Crippen LogP contribution in [0.3, 0.4) is 0 Å². The van der Waals surface area contributed by atoms with E-state index < -0.39 is 0 Å². The molecule has 1 aliphatic rings. The fourth-order valence-electron chi connectivity index (χ4n) is 3.83. The number of rotatable bonds is 5. The van der Waals surface area contributed by atoms with E-state index in [0.717, 1.165) is 46.5 Å². The van der Waals surface area contributed by atoms with Crippen molar-refractivity contribution in [2.45, 2.75) is 6.54 Å². The lowest BCUT2D eigenvalue weighted by Gasteiger charge is -2.26. The Balaban J connectivity index is 1.33. The van der Waals surface area contributed by atoms with Crippen molar-refractivity contribution in [3.8, 4) is 11.3 Å². The fraction of sp³-hybridized carbons (Fsp3) is 0.208. The van der Waals surface area contributed by atoms with E-state index in [-0.39, 0.29) is 11.8 Å². The van der Waals surface area contributed by atoms with Gasteiger partial charge in [-0.25, -0.2) is 14.4 Å². The monoisotopic (exact) mass is 430 g/mol. The van der Waals surface area contributed by atoms with Crippen molar-refractivity contribution in [1.29, 1.82) is 0 Å². The standard InChI is InChI=1S/C24H23FN6O/c25-20-13-16(1-3-18(20)15-31-9-11-32-12-10-31)2-6-22-19-5-4-17(14-23(19)30-29-22)21-7-8-27-24(26)28-21/h1-8,13-14H,9-12,15H2,(H,29,30)(H2,26,27,28)/b6-2+. The highest BCUT2D eigenvalue weighted by Crippen LogP contribution is 2.25. The molecule has 3 heterocycles. The Morgan fingerprint density at radius 3 is 2.78 bits per heavy atom. The smallest absolute Gasteiger partial charge is 0.220 e. The Hall–Kier alpha value is -3.62. The summed E-state index contributed by atoms with van der Waals surface area (Å²) in [5, 5.41) is 8.42. The number of fused-ring (bicyclic) bond motifs is 1. The molecule has 1 aliphatic heterocycles. The van der Waals surface area contributed by atoms with Crippen LogP contribution in [0.4, 0.5) is 10.3 Å². The normalized spacial score (nSPS) is 15.0. The SMILES string of the molecule is Nc1nccc(-c2ccc3c(/C=C/c4ccc(CN5CCOCC5)c(F)c4)n[nH]c3c2)n1. The number of halogens is 1. The largest absolute Gasteiger partial charge is 0.379 e. The van der Waals surface area contributed by atoms with Gasteiger partial charge >= 0.3 is 0 Å². The van der Waals surface area contributed by atoms with Crippen molar-refractivity contribution in [3.63, 3.8) is 0 Å². The number of benzene rings is 2. The summed E-state index contributed by atoms with van der Waals surface area (Å²) in [6.07, 6.45) is 5.39. The van der Waals surface area contributed by atoms with Gasteiger partial charge in [-0.05, 0) is 35.9 Å². The lowest BCUT2D eigenvalue weighted by Crippen LogP contribution is -2.35. The van der Waals surface area contributed by atoms with Crippen molar-refractivity contribution in [2.24, 2.45) is 0 Å². The highest BCUT2D eigenvalue weighted by molar-refractivity contribution is 5.91. The molecule has 0 unspecified atom stereocenters. The molecule has 1 saturated heterocycles. The summed E-state index contributed by atoms with van der Waals surface area (Å²) in [7, 11) is 0. The molecule has 4 aromatic rings. The molecule has 162 valence electrons. The number of hydrogen-bond acceptors (Lipinski definition) is 6. The quantitative estimate of drug-likeness (QED) is 0.501. The number of ether oxygens (including phenoxy) is 1. The van der Waals surface area contributed by atoms with Crippen LogP contribution in [-0.2, 0) is 11.3 Å². The zero-order valence-corrected chi connectivity index (χ0v) is 17.5. The maximum atomic E-state index is 14.6. The van der Waals surface area contributed by atoms with Crippen molar-refractivity contribution in [1.82, 2.24) is 25.1 Å². The first kappa shape index (κ1) is 20.3. The molecule has 0 amide bonds. The molecule has 32 heavy (non-hydrogen) atoms. The lowest BCUT2D eigenvalue weighted by atomic mass is 10.1. The number of aromatic amines is 1. The lowest BCUT2D eigenvalue weighted by molar-refractivity contribution is 0.0337. The molecule has 0 bridgehead atoms. The summed E-state index contributed by atoms with van der Waals surface area (Å²) in [6, 6.07) is 13.1. The first-order chi connectivity index (χ1) is 15.7. The van der Waals surface area contributed by atoms with Gasteiger partial charge in [0.15, 0.2) is 0 Å². The van der Waals surface area contributed by atoms with Gasteiger partial charge in [-0.2, -0.15) is 5.10 Å². The number of H-pyrrole nitrogens is 1. The first-order valence-electron chi connectivity index (χ1n) is 10.5. The average Bonchev–Trinajstić information content (AvgIpc) is 3.22.